The fourth-order valence-corrected chi connectivity index (χ4v) is 2.96. The molecule has 0 saturated carbocycles. The van der Waals surface area contributed by atoms with Gasteiger partial charge < -0.3 is 10.0 Å². The highest BCUT2D eigenvalue weighted by atomic mass is 32.2. The summed E-state index contributed by atoms with van der Waals surface area (Å²) in [5.74, 6) is -2.28. The number of hydrogen-bond acceptors (Lipinski definition) is 5. The first kappa shape index (κ1) is 15.9. The maximum atomic E-state index is 11.7. The van der Waals surface area contributed by atoms with Gasteiger partial charge in [0, 0.05) is 40.3 Å². The second kappa shape index (κ2) is 6.31. The van der Waals surface area contributed by atoms with Crippen LogP contribution >= 0.6 is 0 Å². The maximum Gasteiger partial charge on any atom is 0.320 e. The summed E-state index contributed by atoms with van der Waals surface area (Å²) < 4.78 is 24.5. The van der Waals surface area contributed by atoms with Gasteiger partial charge in [-0.25, -0.2) is 8.42 Å². The molecule has 110 valence electrons. The van der Waals surface area contributed by atoms with Crippen molar-refractivity contribution in [3.63, 3.8) is 0 Å². The Morgan fingerprint density at radius 1 is 1.16 bits per heavy atom. The van der Waals surface area contributed by atoms with Crippen LogP contribution < -0.4 is 0 Å². The number of piperazine rings is 1. The predicted molar refractivity (Wildman–Crippen MR) is 68.1 cm³/mol. The highest BCUT2D eigenvalue weighted by Crippen LogP contribution is 2.08. The lowest BCUT2D eigenvalue weighted by molar-refractivity contribution is -0.134. The van der Waals surface area contributed by atoms with Crippen LogP contribution in [0.15, 0.2) is 0 Å². The normalized spacial score (nSPS) is 18.2. The van der Waals surface area contributed by atoms with Crippen LogP contribution in [0.1, 0.15) is 0 Å². The van der Waals surface area contributed by atoms with Gasteiger partial charge >= 0.3 is 5.97 Å². The molecule has 0 aromatic rings. The van der Waals surface area contributed by atoms with Crippen molar-refractivity contribution in [3.05, 3.63) is 0 Å². The van der Waals surface area contributed by atoms with E-state index in [0.717, 1.165) is 4.31 Å². The second-order valence-corrected chi connectivity index (χ2v) is 6.58. The van der Waals surface area contributed by atoms with E-state index < -0.39 is 21.7 Å². The van der Waals surface area contributed by atoms with E-state index in [2.05, 4.69) is 0 Å². The summed E-state index contributed by atoms with van der Waals surface area (Å²) in [6, 6.07) is 0. The summed E-state index contributed by atoms with van der Waals surface area (Å²) in [6.07, 6.45) is 0. The summed E-state index contributed by atoms with van der Waals surface area (Å²) in [4.78, 5) is 25.3. The number of carbonyl (C=O) groups is 2. The number of amides is 1. The lowest BCUT2D eigenvalue weighted by atomic mass is 10.3. The minimum atomic E-state index is -3.74. The topological polar surface area (TPSA) is 98.2 Å². The van der Waals surface area contributed by atoms with Crippen molar-refractivity contribution in [1.82, 2.24) is 14.1 Å². The zero-order valence-corrected chi connectivity index (χ0v) is 11.9. The van der Waals surface area contributed by atoms with Crippen LogP contribution in [0.25, 0.3) is 0 Å². The summed E-state index contributed by atoms with van der Waals surface area (Å²) >= 11 is 0. The Morgan fingerprint density at radius 2 is 1.68 bits per heavy atom. The molecule has 0 aliphatic carbocycles. The third-order valence-electron chi connectivity index (χ3n) is 2.89. The maximum absolute atomic E-state index is 11.7. The van der Waals surface area contributed by atoms with Crippen molar-refractivity contribution in [1.29, 1.82) is 0 Å². The number of likely N-dealkylation sites (N-methyl/N-ethyl adjacent to an activating group) is 1. The summed E-state index contributed by atoms with van der Waals surface area (Å²) in [5.41, 5.74) is 0. The molecular formula is C10H19N3O5S. The van der Waals surface area contributed by atoms with Gasteiger partial charge in [0.05, 0.1) is 6.54 Å². The minimum Gasteiger partial charge on any atom is -0.480 e. The lowest BCUT2D eigenvalue weighted by Gasteiger charge is -2.33. The highest BCUT2D eigenvalue weighted by molar-refractivity contribution is 7.89. The third kappa shape index (κ3) is 4.77. The number of sulfonamides is 1. The van der Waals surface area contributed by atoms with Crippen molar-refractivity contribution in [3.8, 4) is 0 Å². The van der Waals surface area contributed by atoms with Crippen molar-refractivity contribution in [2.45, 2.75) is 0 Å². The van der Waals surface area contributed by atoms with Crippen LogP contribution in [0.4, 0.5) is 0 Å². The van der Waals surface area contributed by atoms with Gasteiger partial charge in [-0.2, -0.15) is 4.31 Å². The van der Waals surface area contributed by atoms with E-state index in [1.54, 1.807) is 14.1 Å². The minimum absolute atomic E-state index is 0.0400. The summed E-state index contributed by atoms with van der Waals surface area (Å²) in [6.45, 7) is 1.54. The molecule has 1 heterocycles. The molecule has 1 aliphatic rings. The Morgan fingerprint density at radius 3 is 2.11 bits per heavy atom. The molecule has 0 spiro atoms. The number of nitrogens with zero attached hydrogens (tertiary/aromatic N) is 3. The molecule has 1 rings (SSSR count). The fourth-order valence-electron chi connectivity index (χ4n) is 1.75. The zero-order chi connectivity index (χ0) is 14.6. The molecule has 0 atom stereocenters. The first-order valence-electron chi connectivity index (χ1n) is 5.84. The molecule has 9 heteroatoms. The van der Waals surface area contributed by atoms with Gasteiger partial charge in [-0.15, -0.1) is 0 Å². The fraction of sp³-hybridized carbons (Fsp3) is 0.800. The first-order chi connectivity index (χ1) is 8.72. The van der Waals surface area contributed by atoms with Gasteiger partial charge in [0.2, 0.25) is 15.9 Å². The highest BCUT2D eigenvalue weighted by Gasteiger charge is 2.29. The standard InChI is InChI=1S/C10H19N3O5S/c1-11(2)9(14)7-12-3-5-13(6-4-12)19(17,18)8-10(15)16/h3-8H2,1-2H3,(H,15,16). The van der Waals surface area contributed by atoms with Crippen LogP contribution in [0, 0.1) is 0 Å². The molecule has 1 fully saturated rings. The second-order valence-electron chi connectivity index (χ2n) is 4.61. The van der Waals surface area contributed by atoms with Crippen molar-refractivity contribution >= 4 is 21.9 Å². The number of carboxylic acids is 1. The number of hydrogen-bond donors (Lipinski definition) is 1. The molecule has 0 bridgehead atoms. The number of aliphatic carboxylic acids is 1. The van der Waals surface area contributed by atoms with Crippen LogP contribution in [-0.2, 0) is 19.6 Å². The molecule has 0 unspecified atom stereocenters. The van der Waals surface area contributed by atoms with Crippen LogP contribution in [-0.4, -0.2) is 92.1 Å². The van der Waals surface area contributed by atoms with E-state index >= 15 is 0 Å². The molecule has 1 N–H and O–H groups in total. The Balaban J connectivity index is 2.49. The van der Waals surface area contributed by atoms with Gasteiger partial charge in [-0.1, -0.05) is 0 Å². The van der Waals surface area contributed by atoms with Crippen molar-refractivity contribution < 1.29 is 23.1 Å². The van der Waals surface area contributed by atoms with Gasteiger partial charge in [0.15, 0.2) is 5.75 Å². The van der Waals surface area contributed by atoms with Gasteiger partial charge in [-0.3, -0.25) is 14.5 Å². The molecule has 1 amide bonds. The molecule has 1 saturated heterocycles. The quantitative estimate of drug-likeness (QED) is 0.636. The first-order valence-corrected chi connectivity index (χ1v) is 7.45. The van der Waals surface area contributed by atoms with E-state index in [-0.39, 0.29) is 25.5 Å². The Labute approximate surface area is 112 Å². The SMILES string of the molecule is CN(C)C(=O)CN1CCN(S(=O)(=O)CC(=O)O)CC1. The van der Waals surface area contributed by atoms with Gasteiger partial charge in [0.1, 0.15) is 0 Å². The van der Waals surface area contributed by atoms with E-state index in [0.29, 0.717) is 13.1 Å². The van der Waals surface area contributed by atoms with E-state index in [4.69, 9.17) is 5.11 Å². The number of rotatable bonds is 5. The van der Waals surface area contributed by atoms with Gasteiger partial charge in [-0.05, 0) is 0 Å². The van der Waals surface area contributed by atoms with E-state index in [9.17, 15) is 18.0 Å². The predicted octanol–water partition coefficient (Wildman–Crippen LogP) is -1.89. The van der Waals surface area contributed by atoms with Crippen LogP contribution in [0.5, 0.6) is 0 Å². The number of carboxylic acid groups (broad SMARTS) is 1. The molecular weight excluding hydrogens is 274 g/mol. The smallest absolute Gasteiger partial charge is 0.320 e. The molecule has 0 radical (unpaired) electrons. The van der Waals surface area contributed by atoms with Crippen LogP contribution in [0.3, 0.4) is 0 Å². The van der Waals surface area contributed by atoms with E-state index in [1.165, 1.54) is 4.90 Å². The monoisotopic (exact) mass is 293 g/mol. The third-order valence-corrected chi connectivity index (χ3v) is 4.65. The van der Waals surface area contributed by atoms with Gasteiger partial charge in [0.25, 0.3) is 0 Å². The Hall–Kier alpha value is -1.19. The van der Waals surface area contributed by atoms with Crippen molar-refractivity contribution in [2.75, 3.05) is 52.6 Å². The lowest BCUT2D eigenvalue weighted by Crippen LogP contribution is -2.51. The molecule has 0 aromatic carbocycles. The molecule has 19 heavy (non-hydrogen) atoms. The average molecular weight is 293 g/mol. The molecule has 8 nitrogen and oxygen atoms in total. The van der Waals surface area contributed by atoms with Crippen molar-refractivity contribution in [2.24, 2.45) is 0 Å². The molecule has 0 aromatic heterocycles. The average Bonchev–Trinajstić information content (AvgIpc) is 2.27. The summed E-state index contributed by atoms with van der Waals surface area (Å²) in [7, 11) is -0.414. The largest absolute Gasteiger partial charge is 0.480 e. The Bertz CT molecular complexity index is 440. The number of carbonyl (C=O) groups excluding carboxylic acids is 1. The van der Waals surface area contributed by atoms with Crippen LogP contribution in [0.2, 0.25) is 0 Å². The van der Waals surface area contributed by atoms with E-state index in [1.807, 2.05) is 4.90 Å². The molecule has 1 aliphatic heterocycles. The zero-order valence-electron chi connectivity index (χ0n) is 11.1. The summed E-state index contributed by atoms with van der Waals surface area (Å²) in [5, 5.41) is 8.55. The Kier molecular flexibility index (Phi) is 5.27.